The van der Waals surface area contributed by atoms with E-state index in [1.807, 2.05) is 12.1 Å². The molecule has 1 aliphatic carbocycles. The zero-order valence-electron chi connectivity index (χ0n) is 14.6. The predicted octanol–water partition coefficient (Wildman–Crippen LogP) is 6.24. The van der Waals surface area contributed by atoms with Crippen molar-refractivity contribution >= 4 is 0 Å². The zero-order chi connectivity index (χ0) is 17.8. The van der Waals surface area contributed by atoms with Gasteiger partial charge < -0.3 is 4.74 Å². The second kappa shape index (κ2) is 7.92. The van der Waals surface area contributed by atoms with Crippen LogP contribution in [-0.4, -0.2) is 7.11 Å². The molecule has 3 heteroatoms. The first-order valence-electron chi connectivity index (χ1n) is 8.82. The second-order valence-corrected chi connectivity index (χ2v) is 6.82. The third-order valence-corrected chi connectivity index (χ3v) is 5.25. The van der Waals surface area contributed by atoms with Crippen LogP contribution >= 0.6 is 0 Å². The molecule has 1 saturated carbocycles. The van der Waals surface area contributed by atoms with Gasteiger partial charge in [-0.25, -0.2) is 8.78 Å². The lowest BCUT2D eigenvalue weighted by molar-refractivity contribution is 0.177. The predicted molar refractivity (Wildman–Crippen MR) is 97.4 cm³/mol. The number of allylic oxidation sites excluding steroid dienone is 1. The first-order chi connectivity index (χ1) is 12.1. The van der Waals surface area contributed by atoms with Crippen molar-refractivity contribution in [2.24, 2.45) is 5.92 Å². The Hall–Kier alpha value is -2.00. The average Bonchev–Trinajstić information content (AvgIpc) is 2.65. The Labute approximate surface area is 148 Å². The molecule has 2 aromatic rings. The number of rotatable bonds is 5. The summed E-state index contributed by atoms with van der Waals surface area (Å²) in [5.41, 5.74) is 2.66. The van der Waals surface area contributed by atoms with Gasteiger partial charge in [0, 0.05) is 12.7 Å². The normalized spacial score (nSPS) is 20.4. The van der Waals surface area contributed by atoms with Crippen LogP contribution in [0.25, 0.3) is 11.1 Å². The van der Waals surface area contributed by atoms with Gasteiger partial charge in [-0.3, -0.25) is 0 Å². The minimum Gasteiger partial charge on any atom is -0.380 e. The van der Waals surface area contributed by atoms with Gasteiger partial charge in [-0.05, 0) is 66.3 Å². The minimum atomic E-state index is -0.566. The summed E-state index contributed by atoms with van der Waals surface area (Å²) in [6.45, 7) is 3.82. The Kier molecular flexibility index (Phi) is 5.64. The largest absolute Gasteiger partial charge is 0.380 e. The first-order valence-corrected chi connectivity index (χ1v) is 8.82. The monoisotopic (exact) mass is 342 g/mol. The van der Waals surface area contributed by atoms with Crippen molar-refractivity contribution in [1.29, 1.82) is 0 Å². The highest BCUT2D eigenvalue weighted by molar-refractivity contribution is 5.64. The van der Waals surface area contributed by atoms with E-state index in [4.69, 9.17) is 4.74 Å². The molecular weight excluding hydrogens is 318 g/mol. The number of benzene rings is 2. The maximum absolute atomic E-state index is 14.1. The highest BCUT2D eigenvalue weighted by Crippen LogP contribution is 2.37. The molecule has 1 nitrogen and oxygen atoms in total. The van der Waals surface area contributed by atoms with Gasteiger partial charge in [0.05, 0.1) is 6.61 Å². The summed E-state index contributed by atoms with van der Waals surface area (Å²) in [6, 6.07) is 10.8. The van der Waals surface area contributed by atoms with Gasteiger partial charge in [0.1, 0.15) is 11.6 Å². The fourth-order valence-electron chi connectivity index (χ4n) is 3.69. The Bertz CT molecular complexity index is 705. The van der Waals surface area contributed by atoms with Crippen LogP contribution in [-0.2, 0) is 11.3 Å². The van der Waals surface area contributed by atoms with E-state index in [1.165, 1.54) is 50.5 Å². The molecule has 0 unspecified atom stereocenters. The van der Waals surface area contributed by atoms with Crippen molar-refractivity contribution in [2.45, 2.75) is 38.2 Å². The topological polar surface area (TPSA) is 9.23 Å². The summed E-state index contributed by atoms with van der Waals surface area (Å²) < 4.78 is 33.0. The molecule has 25 heavy (non-hydrogen) atoms. The van der Waals surface area contributed by atoms with E-state index in [1.54, 1.807) is 0 Å². The molecule has 1 aliphatic rings. The molecule has 0 heterocycles. The van der Waals surface area contributed by atoms with Crippen molar-refractivity contribution in [1.82, 2.24) is 0 Å². The van der Waals surface area contributed by atoms with Crippen LogP contribution in [0.3, 0.4) is 0 Å². The van der Waals surface area contributed by atoms with Gasteiger partial charge in [-0.15, -0.1) is 6.58 Å². The summed E-state index contributed by atoms with van der Waals surface area (Å²) in [5, 5.41) is 0. The van der Waals surface area contributed by atoms with Gasteiger partial charge in [0.15, 0.2) is 0 Å². The maximum Gasteiger partial charge on any atom is 0.132 e. The summed E-state index contributed by atoms with van der Waals surface area (Å²) in [5.74, 6) is 0.0854. The third kappa shape index (κ3) is 3.98. The Morgan fingerprint density at radius 1 is 1.00 bits per heavy atom. The molecule has 0 saturated heterocycles. The van der Waals surface area contributed by atoms with Crippen LogP contribution in [0.1, 0.15) is 42.7 Å². The zero-order valence-corrected chi connectivity index (χ0v) is 14.6. The fourth-order valence-corrected chi connectivity index (χ4v) is 3.69. The molecule has 132 valence electrons. The van der Waals surface area contributed by atoms with Crippen LogP contribution < -0.4 is 0 Å². The van der Waals surface area contributed by atoms with Crippen molar-refractivity contribution in [3.8, 4) is 11.1 Å². The van der Waals surface area contributed by atoms with Crippen molar-refractivity contribution < 1.29 is 13.5 Å². The smallest absolute Gasteiger partial charge is 0.132 e. The fraction of sp³-hybridized carbons (Fsp3) is 0.364. The van der Waals surface area contributed by atoms with E-state index in [0.717, 1.165) is 5.56 Å². The summed E-state index contributed by atoms with van der Waals surface area (Å²) in [4.78, 5) is 0. The number of methoxy groups -OCH3 is 1. The number of hydrogen-bond donors (Lipinski definition) is 0. The Morgan fingerprint density at radius 3 is 2.12 bits per heavy atom. The summed E-state index contributed by atoms with van der Waals surface area (Å²) >= 11 is 0. The van der Waals surface area contributed by atoms with Crippen LogP contribution in [0.2, 0.25) is 0 Å². The van der Waals surface area contributed by atoms with E-state index in [-0.39, 0.29) is 12.2 Å². The SMILES string of the molecule is C=C[C@H]1CC[C@H](c2ccc(-c3cc(F)c(COC)c(F)c3)cc2)CC1. The van der Waals surface area contributed by atoms with Gasteiger partial charge >= 0.3 is 0 Å². The van der Waals surface area contributed by atoms with Crippen LogP contribution in [0.5, 0.6) is 0 Å². The quantitative estimate of drug-likeness (QED) is 0.585. The molecule has 0 spiro atoms. The standard InChI is InChI=1S/C22H24F2O/c1-3-15-4-6-16(7-5-15)17-8-10-18(11-9-17)19-12-21(23)20(14-25-2)22(24)13-19/h3,8-13,15-16H,1,4-7,14H2,2H3/t15-,16-. The van der Waals surface area contributed by atoms with E-state index < -0.39 is 11.6 Å². The minimum absolute atomic E-state index is 0.0261. The molecule has 0 aliphatic heterocycles. The van der Waals surface area contributed by atoms with E-state index in [0.29, 0.717) is 17.4 Å². The van der Waals surface area contributed by atoms with Crippen molar-refractivity contribution in [3.05, 3.63) is 71.8 Å². The lowest BCUT2D eigenvalue weighted by atomic mass is 9.78. The lowest BCUT2D eigenvalue weighted by Crippen LogP contribution is -2.11. The van der Waals surface area contributed by atoms with Crippen molar-refractivity contribution in [3.63, 3.8) is 0 Å². The van der Waals surface area contributed by atoms with Gasteiger partial charge in [0.2, 0.25) is 0 Å². The molecule has 1 fully saturated rings. The van der Waals surface area contributed by atoms with Crippen LogP contribution in [0, 0.1) is 17.6 Å². The van der Waals surface area contributed by atoms with Crippen LogP contribution in [0.4, 0.5) is 8.78 Å². The Morgan fingerprint density at radius 2 is 1.60 bits per heavy atom. The molecular formula is C22H24F2O. The van der Waals surface area contributed by atoms with Crippen molar-refractivity contribution in [2.75, 3.05) is 7.11 Å². The number of hydrogen-bond acceptors (Lipinski definition) is 1. The van der Waals surface area contributed by atoms with Gasteiger partial charge in [-0.2, -0.15) is 0 Å². The molecule has 0 bridgehead atoms. The molecule has 0 aromatic heterocycles. The van der Waals surface area contributed by atoms with Gasteiger partial charge in [0.25, 0.3) is 0 Å². The van der Waals surface area contributed by atoms with E-state index >= 15 is 0 Å². The molecule has 3 rings (SSSR count). The summed E-state index contributed by atoms with van der Waals surface area (Å²) in [6.07, 6.45) is 6.78. The van der Waals surface area contributed by atoms with Gasteiger partial charge in [-0.1, -0.05) is 30.3 Å². The highest BCUT2D eigenvalue weighted by atomic mass is 19.1. The number of halogens is 2. The molecule has 0 atom stereocenters. The first kappa shape index (κ1) is 17.8. The van der Waals surface area contributed by atoms with Crippen LogP contribution in [0.15, 0.2) is 49.1 Å². The third-order valence-electron chi connectivity index (χ3n) is 5.25. The second-order valence-electron chi connectivity index (χ2n) is 6.82. The van der Waals surface area contributed by atoms with E-state index in [9.17, 15) is 8.78 Å². The van der Waals surface area contributed by atoms with E-state index in [2.05, 4.69) is 24.8 Å². The molecule has 2 aromatic carbocycles. The average molecular weight is 342 g/mol. The molecule has 0 radical (unpaired) electrons. The lowest BCUT2D eigenvalue weighted by Gasteiger charge is -2.27. The maximum atomic E-state index is 14.1. The molecule has 0 amide bonds. The Balaban J connectivity index is 1.78. The summed E-state index contributed by atoms with van der Waals surface area (Å²) in [7, 11) is 1.42. The molecule has 0 N–H and O–H groups in total. The number of ether oxygens (including phenoxy) is 1. The highest BCUT2D eigenvalue weighted by Gasteiger charge is 2.20.